The summed E-state index contributed by atoms with van der Waals surface area (Å²) < 4.78 is 0. The highest BCUT2D eigenvalue weighted by atomic mass is 35.5. The summed E-state index contributed by atoms with van der Waals surface area (Å²) >= 11 is 11.9. The van der Waals surface area contributed by atoms with Crippen molar-refractivity contribution in [3.8, 4) is 0 Å². The number of aliphatic hydroxyl groups is 1. The molecule has 0 aliphatic heterocycles. The fourth-order valence-corrected chi connectivity index (χ4v) is 2.19. The number of carbonyl (C=O) groups excluding carboxylic acids is 1. The molecule has 0 spiro atoms. The van der Waals surface area contributed by atoms with Crippen LogP contribution >= 0.6 is 23.2 Å². The van der Waals surface area contributed by atoms with Crippen LogP contribution in [0.15, 0.2) is 18.2 Å². The minimum atomic E-state index is -0.854. The Labute approximate surface area is 104 Å². The maximum atomic E-state index is 11.7. The van der Waals surface area contributed by atoms with Crippen LogP contribution in [-0.2, 0) is 11.2 Å². The van der Waals surface area contributed by atoms with Crippen molar-refractivity contribution >= 4 is 29.0 Å². The topological polar surface area (TPSA) is 37.3 Å². The van der Waals surface area contributed by atoms with Crippen molar-refractivity contribution in [2.45, 2.75) is 25.4 Å². The molecule has 0 aromatic heterocycles. The van der Waals surface area contributed by atoms with Gasteiger partial charge in [0.2, 0.25) is 0 Å². The summed E-state index contributed by atoms with van der Waals surface area (Å²) in [7, 11) is 0. The predicted octanol–water partition coefficient (Wildman–Crippen LogP) is 2.88. The first-order valence-electron chi connectivity index (χ1n) is 5.23. The number of hydrogen-bond acceptors (Lipinski definition) is 2. The Morgan fingerprint density at radius 1 is 1.38 bits per heavy atom. The zero-order chi connectivity index (χ0) is 11.7. The van der Waals surface area contributed by atoms with Crippen molar-refractivity contribution in [2.75, 3.05) is 0 Å². The predicted molar refractivity (Wildman–Crippen MR) is 63.9 cm³/mol. The van der Waals surface area contributed by atoms with E-state index in [2.05, 4.69) is 0 Å². The van der Waals surface area contributed by atoms with E-state index in [0.717, 1.165) is 12.8 Å². The fourth-order valence-electron chi connectivity index (χ4n) is 1.65. The Hall–Kier alpha value is -0.570. The van der Waals surface area contributed by atoms with Crippen molar-refractivity contribution in [1.29, 1.82) is 0 Å². The minimum Gasteiger partial charge on any atom is -0.385 e. The molecule has 0 bridgehead atoms. The molecule has 0 amide bonds. The lowest BCUT2D eigenvalue weighted by atomic mass is 10.0. The summed E-state index contributed by atoms with van der Waals surface area (Å²) in [4.78, 5) is 11.7. The Morgan fingerprint density at radius 3 is 2.44 bits per heavy atom. The third-order valence-corrected chi connectivity index (χ3v) is 3.52. The maximum absolute atomic E-state index is 11.7. The van der Waals surface area contributed by atoms with Gasteiger partial charge in [-0.3, -0.25) is 4.79 Å². The van der Waals surface area contributed by atoms with Gasteiger partial charge in [-0.25, -0.2) is 0 Å². The molecule has 1 atom stereocenters. The lowest BCUT2D eigenvalue weighted by Gasteiger charge is -2.10. The molecule has 2 nitrogen and oxygen atoms in total. The lowest BCUT2D eigenvalue weighted by Crippen LogP contribution is -2.24. The number of hydrogen-bond donors (Lipinski definition) is 1. The first-order chi connectivity index (χ1) is 7.59. The quantitative estimate of drug-likeness (QED) is 0.902. The van der Waals surface area contributed by atoms with Gasteiger partial charge in [-0.05, 0) is 36.5 Å². The van der Waals surface area contributed by atoms with Crippen LogP contribution in [0.2, 0.25) is 10.0 Å². The Balaban J connectivity index is 2.10. The number of rotatable bonds is 4. The Bertz CT molecular complexity index is 393. The van der Waals surface area contributed by atoms with E-state index in [1.165, 1.54) is 0 Å². The third kappa shape index (κ3) is 2.57. The summed E-state index contributed by atoms with van der Waals surface area (Å²) in [5, 5.41) is 10.6. The number of carbonyl (C=O) groups is 1. The van der Waals surface area contributed by atoms with E-state index in [-0.39, 0.29) is 18.1 Å². The van der Waals surface area contributed by atoms with Crippen LogP contribution in [0.4, 0.5) is 0 Å². The van der Waals surface area contributed by atoms with Gasteiger partial charge in [-0.1, -0.05) is 29.3 Å². The van der Waals surface area contributed by atoms with Crippen LogP contribution in [-0.4, -0.2) is 17.0 Å². The molecule has 0 saturated heterocycles. The molecule has 16 heavy (non-hydrogen) atoms. The van der Waals surface area contributed by atoms with Crippen molar-refractivity contribution < 1.29 is 9.90 Å². The maximum Gasteiger partial charge on any atom is 0.166 e. The average Bonchev–Trinajstić information content (AvgIpc) is 3.06. The highest BCUT2D eigenvalue weighted by Gasteiger charge is 2.34. The van der Waals surface area contributed by atoms with Crippen LogP contribution < -0.4 is 0 Å². The second-order valence-electron chi connectivity index (χ2n) is 4.13. The van der Waals surface area contributed by atoms with E-state index in [0.29, 0.717) is 15.6 Å². The number of Topliss-reactive ketones (excluding diaryl/α,β-unsaturated/α-hetero) is 1. The van der Waals surface area contributed by atoms with Gasteiger partial charge < -0.3 is 5.11 Å². The van der Waals surface area contributed by atoms with Gasteiger partial charge in [0.25, 0.3) is 0 Å². The molecule has 1 aliphatic rings. The largest absolute Gasteiger partial charge is 0.385 e. The fraction of sp³-hybridized carbons (Fsp3) is 0.417. The van der Waals surface area contributed by atoms with Gasteiger partial charge in [0.05, 0.1) is 0 Å². The molecule has 1 saturated carbocycles. The first-order valence-corrected chi connectivity index (χ1v) is 5.99. The van der Waals surface area contributed by atoms with Gasteiger partial charge in [-0.15, -0.1) is 0 Å². The molecule has 4 heteroatoms. The van der Waals surface area contributed by atoms with Gasteiger partial charge in [0, 0.05) is 16.5 Å². The normalized spacial score (nSPS) is 17.2. The number of halogens is 2. The van der Waals surface area contributed by atoms with Gasteiger partial charge in [0.1, 0.15) is 6.10 Å². The molecule has 1 aromatic rings. The smallest absolute Gasteiger partial charge is 0.166 e. The molecule has 86 valence electrons. The summed E-state index contributed by atoms with van der Waals surface area (Å²) in [5.74, 6) is -0.0498. The molecule has 1 fully saturated rings. The van der Waals surface area contributed by atoms with Crippen molar-refractivity contribution in [2.24, 2.45) is 5.92 Å². The number of ketones is 1. The van der Waals surface area contributed by atoms with E-state index in [1.54, 1.807) is 18.2 Å². The molecule has 1 unspecified atom stereocenters. The lowest BCUT2D eigenvalue weighted by molar-refractivity contribution is -0.127. The van der Waals surface area contributed by atoms with Crippen LogP contribution in [0.5, 0.6) is 0 Å². The second-order valence-corrected chi connectivity index (χ2v) is 4.94. The van der Waals surface area contributed by atoms with E-state index >= 15 is 0 Å². The summed E-state index contributed by atoms with van der Waals surface area (Å²) in [6.45, 7) is 0. The van der Waals surface area contributed by atoms with Crippen molar-refractivity contribution in [1.82, 2.24) is 0 Å². The highest BCUT2D eigenvalue weighted by molar-refractivity contribution is 6.36. The number of benzene rings is 1. The minimum absolute atomic E-state index is 0.107. The van der Waals surface area contributed by atoms with E-state index < -0.39 is 6.10 Å². The summed E-state index contributed by atoms with van der Waals surface area (Å²) in [6, 6.07) is 5.12. The molecular weight excluding hydrogens is 247 g/mol. The second kappa shape index (κ2) is 4.74. The van der Waals surface area contributed by atoms with E-state index in [4.69, 9.17) is 23.2 Å². The van der Waals surface area contributed by atoms with Crippen LogP contribution in [0.3, 0.4) is 0 Å². The average molecular weight is 259 g/mol. The summed E-state index contributed by atoms with van der Waals surface area (Å²) in [5.41, 5.74) is 0.607. The third-order valence-electron chi connectivity index (χ3n) is 2.81. The van der Waals surface area contributed by atoms with Crippen LogP contribution in [0, 0.1) is 5.92 Å². The van der Waals surface area contributed by atoms with E-state index in [9.17, 15) is 9.90 Å². The molecule has 1 N–H and O–H groups in total. The van der Waals surface area contributed by atoms with Gasteiger partial charge in [0.15, 0.2) is 5.78 Å². The summed E-state index contributed by atoms with van der Waals surface area (Å²) in [6.07, 6.45) is 1.12. The molecule has 0 heterocycles. The highest BCUT2D eigenvalue weighted by Crippen LogP contribution is 2.34. The number of aliphatic hydroxyl groups excluding tert-OH is 1. The van der Waals surface area contributed by atoms with Crippen molar-refractivity contribution in [3.05, 3.63) is 33.8 Å². The zero-order valence-corrected chi connectivity index (χ0v) is 10.1. The molecular formula is C12H12Cl2O2. The van der Waals surface area contributed by atoms with Crippen LogP contribution in [0.25, 0.3) is 0 Å². The SMILES string of the molecule is O=C(Cc1c(Cl)cccc1Cl)C(O)C1CC1. The Kier molecular flexibility index (Phi) is 3.53. The molecule has 2 rings (SSSR count). The van der Waals surface area contributed by atoms with Crippen molar-refractivity contribution in [3.63, 3.8) is 0 Å². The van der Waals surface area contributed by atoms with Gasteiger partial charge in [-0.2, -0.15) is 0 Å². The standard InChI is InChI=1S/C12H12Cl2O2/c13-9-2-1-3-10(14)8(9)6-11(15)12(16)7-4-5-7/h1-3,7,12,16H,4-6H2. The van der Waals surface area contributed by atoms with Gasteiger partial charge >= 0.3 is 0 Å². The first kappa shape index (κ1) is 11.9. The van der Waals surface area contributed by atoms with Crippen LogP contribution in [0.1, 0.15) is 18.4 Å². The molecule has 1 aromatic carbocycles. The Morgan fingerprint density at radius 2 is 1.94 bits per heavy atom. The van der Waals surface area contributed by atoms with E-state index in [1.807, 2.05) is 0 Å². The zero-order valence-electron chi connectivity index (χ0n) is 8.62. The molecule has 0 radical (unpaired) electrons. The monoisotopic (exact) mass is 258 g/mol. The molecule has 1 aliphatic carbocycles.